The predicted molar refractivity (Wildman–Crippen MR) is 138 cm³/mol. The first-order chi connectivity index (χ1) is 16.5. The van der Waals surface area contributed by atoms with Gasteiger partial charge in [-0.15, -0.1) is 0 Å². The van der Waals surface area contributed by atoms with Gasteiger partial charge in [-0.1, -0.05) is 18.6 Å². The number of ether oxygens (including phenoxy) is 1. The second-order valence-corrected chi connectivity index (χ2v) is 9.49. The van der Waals surface area contributed by atoms with E-state index in [-0.39, 0.29) is 5.91 Å². The molecule has 1 amide bonds. The molecule has 2 N–H and O–H groups in total. The van der Waals surface area contributed by atoms with Crippen molar-refractivity contribution in [3.05, 3.63) is 88.2 Å². The third-order valence-corrected chi connectivity index (χ3v) is 7.29. The molecule has 2 heterocycles. The SMILES string of the molecule is COc1ccc(CN2C(=O)C3(CCC3)c3cc(C(N)=CC=Nc4ccncc4)cc(Br)c32)cc1. The number of carbonyl (C=O) groups excluding carboxylic acids is 1. The molecular weight excluding hydrogens is 492 g/mol. The lowest BCUT2D eigenvalue weighted by Gasteiger charge is -2.37. The van der Waals surface area contributed by atoms with Crippen LogP contribution in [0.15, 0.2) is 76.5 Å². The molecule has 0 bridgehead atoms. The van der Waals surface area contributed by atoms with Crippen molar-refractivity contribution in [3.63, 3.8) is 0 Å². The van der Waals surface area contributed by atoms with Crippen molar-refractivity contribution >= 4 is 45.1 Å². The molecule has 1 aromatic heterocycles. The Morgan fingerprint density at radius 1 is 1.21 bits per heavy atom. The molecule has 7 heteroatoms. The van der Waals surface area contributed by atoms with Crippen molar-refractivity contribution < 1.29 is 9.53 Å². The molecule has 5 rings (SSSR count). The standard InChI is InChI=1S/C27H25BrN4O2/c1-34-21-5-3-18(4-6-21)17-32-25-22(27(26(32)33)10-2-11-27)15-19(16-23(25)28)24(29)9-14-31-20-7-12-30-13-8-20/h3-9,12-16H,2,10-11,17,29H2,1H3. The Bertz CT molecular complexity index is 1280. The summed E-state index contributed by atoms with van der Waals surface area (Å²) in [5.74, 6) is 0.970. The van der Waals surface area contributed by atoms with Gasteiger partial charge >= 0.3 is 0 Å². The second-order valence-electron chi connectivity index (χ2n) is 8.63. The number of aliphatic imine (C=N–C) groups is 1. The molecule has 0 radical (unpaired) electrons. The summed E-state index contributed by atoms with van der Waals surface area (Å²) >= 11 is 3.74. The van der Waals surface area contributed by atoms with Crippen LogP contribution in [0.3, 0.4) is 0 Å². The maximum atomic E-state index is 13.7. The number of hydrogen-bond donors (Lipinski definition) is 1. The van der Waals surface area contributed by atoms with Gasteiger partial charge in [-0.2, -0.15) is 0 Å². The number of carbonyl (C=O) groups is 1. The van der Waals surface area contributed by atoms with E-state index >= 15 is 0 Å². The molecule has 1 saturated carbocycles. The second kappa shape index (κ2) is 9.06. The summed E-state index contributed by atoms with van der Waals surface area (Å²) < 4.78 is 6.14. The van der Waals surface area contributed by atoms with Crippen LogP contribution in [-0.2, 0) is 16.8 Å². The molecule has 1 spiro atoms. The molecule has 0 unspecified atom stereocenters. The van der Waals surface area contributed by atoms with Crippen molar-refractivity contribution in [1.29, 1.82) is 0 Å². The minimum absolute atomic E-state index is 0.171. The molecule has 1 aliphatic heterocycles. The van der Waals surface area contributed by atoms with Gasteiger partial charge in [0.05, 0.1) is 30.4 Å². The van der Waals surface area contributed by atoms with Crippen LogP contribution in [0.25, 0.3) is 5.70 Å². The van der Waals surface area contributed by atoms with Gasteiger partial charge < -0.3 is 15.4 Å². The molecule has 0 saturated heterocycles. The Hall–Kier alpha value is -3.45. The van der Waals surface area contributed by atoms with E-state index in [4.69, 9.17) is 10.5 Å². The summed E-state index contributed by atoms with van der Waals surface area (Å²) in [6.45, 7) is 0.513. The minimum atomic E-state index is -0.453. The molecule has 1 fully saturated rings. The van der Waals surface area contributed by atoms with Crippen LogP contribution in [0.5, 0.6) is 5.75 Å². The monoisotopic (exact) mass is 516 g/mol. The number of fused-ring (bicyclic) bond motifs is 2. The van der Waals surface area contributed by atoms with Crippen molar-refractivity contribution in [2.75, 3.05) is 12.0 Å². The average molecular weight is 517 g/mol. The maximum Gasteiger partial charge on any atom is 0.238 e. The largest absolute Gasteiger partial charge is 0.497 e. The molecule has 34 heavy (non-hydrogen) atoms. The topological polar surface area (TPSA) is 80.8 Å². The third-order valence-electron chi connectivity index (χ3n) is 6.68. The molecule has 6 nitrogen and oxygen atoms in total. The van der Waals surface area contributed by atoms with Crippen molar-refractivity contribution in [2.45, 2.75) is 31.2 Å². The quantitative estimate of drug-likeness (QED) is 0.437. The Kier molecular flexibility index (Phi) is 5.96. The van der Waals surface area contributed by atoms with Crippen LogP contribution in [-0.4, -0.2) is 24.2 Å². The van der Waals surface area contributed by atoms with E-state index in [0.29, 0.717) is 12.2 Å². The molecular formula is C27H25BrN4O2. The number of benzene rings is 2. The van der Waals surface area contributed by atoms with E-state index < -0.39 is 5.41 Å². The van der Waals surface area contributed by atoms with E-state index in [1.54, 1.807) is 31.8 Å². The van der Waals surface area contributed by atoms with Gasteiger partial charge in [0.1, 0.15) is 5.75 Å². The highest BCUT2D eigenvalue weighted by Crippen LogP contribution is 2.56. The molecule has 0 atom stereocenters. The van der Waals surface area contributed by atoms with Gasteiger partial charge in [-0.05, 0) is 87.9 Å². The molecule has 172 valence electrons. The number of nitrogens with zero attached hydrogens (tertiary/aromatic N) is 3. The summed E-state index contributed by atoms with van der Waals surface area (Å²) in [7, 11) is 1.65. The Labute approximate surface area is 207 Å². The number of rotatable bonds is 6. The van der Waals surface area contributed by atoms with Crippen molar-refractivity contribution in [1.82, 2.24) is 4.98 Å². The number of anilines is 1. The zero-order valence-electron chi connectivity index (χ0n) is 18.9. The summed E-state index contributed by atoms with van der Waals surface area (Å²) in [5.41, 5.74) is 11.3. The smallest absolute Gasteiger partial charge is 0.238 e. The normalized spacial score (nSPS) is 16.7. The highest BCUT2D eigenvalue weighted by atomic mass is 79.9. The number of allylic oxidation sites excluding steroid dienone is 1. The predicted octanol–water partition coefficient (Wildman–Crippen LogP) is 5.52. The number of aromatic nitrogens is 1. The number of amides is 1. The fraction of sp³-hybridized carbons (Fsp3) is 0.222. The highest BCUT2D eigenvalue weighted by Gasteiger charge is 2.55. The van der Waals surface area contributed by atoms with E-state index in [2.05, 4.69) is 32.0 Å². The van der Waals surface area contributed by atoms with Crippen LogP contribution >= 0.6 is 15.9 Å². The zero-order chi connectivity index (χ0) is 23.7. The molecule has 2 aromatic carbocycles. The number of methoxy groups -OCH3 is 1. The lowest BCUT2D eigenvalue weighted by atomic mass is 9.65. The van der Waals surface area contributed by atoms with Gasteiger partial charge in [0.15, 0.2) is 0 Å². The Morgan fingerprint density at radius 3 is 2.59 bits per heavy atom. The lowest BCUT2D eigenvalue weighted by molar-refractivity contribution is -0.126. The lowest BCUT2D eigenvalue weighted by Crippen LogP contribution is -2.44. The van der Waals surface area contributed by atoms with Gasteiger partial charge in [-0.3, -0.25) is 14.8 Å². The van der Waals surface area contributed by atoms with Crippen LogP contribution in [0, 0.1) is 0 Å². The highest BCUT2D eigenvalue weighted by molar-refractivity contribution is 9.10. The minimum Gasteiger partial charge on any atom is -0.497 e. The first kappa shape index (κ1) is 22.3. The van der Waals surface area contributed by atoms with Crippen LogP contribution < -0.4 is 15.4 Å². The maximum absolute atomic E-state index is 13.7. The van der Waals surface area contributed by atoms with Gasteiger partial charge in [0, 0.05) is 28.8 Å². The number of nitrogens with two attached hydrogens (primary N) is 1. The van der Waals surface area contributed by atoms with Crippen molar-refractivity contribution in [2.24, 2.45) is 10.7 Å². The fourth-order valence-corrected chi connectivity index (χ4v) is 5.36. The molecule has 2 aliphatic rings. The van der Waals surface area contributed by atoms with Crippen LogP contribution in [0.4, 0.5) is 11.4 Å². The molecule has 1 aliphatic carbocycles. The summed E-state index contributed by atoms with van der Waals surface area (Å²) in [6.07, 6.45) is 9.64. The summed E-state index contributed by atoms with van der Waals surface area (Å²) in [5, 5.41) is 0. The van der Waals surface area contributed by atoms with Gasteiger partial charge in [0.2, 0.25) is 5.91 Å². The number of pyridine rings is 1. The molecule has 3 aromatic rings. The average Bonchev–Trinajstić information content (AvgIpc) is 3.08. The fourth-order valence-electron chi connectivity index (χ4n) is 4.69. The Morgan fingerprint density at radius 2 is 1.94 bits per heavy atom. The van der Waals surface area contributed by atoms with Gasteiger partial charge in [-0.25, -0.2) is 0 Å². The Balaban J connectivity index is 1.48. The van der Waals surface area contributed by atoms with Crippen LogP contribution in [0.1, 0.15) is 36.0 Å². The summed E-state index contributed by atoms with van der Waals surface area (Å²) in [4.78, 5) is 24.0. The number of hydrogen-bond acceptors (Lipinski definition) is 5. The van der Waals surface area contributed by atoms with Crippen molar-refractivity contribution in [3.8, 4) is 5.75 Å². The zero-order valence-corrected chi connectivity index (χ0v) is 20.5. The first-order valence-electron chi connectivity index (χ1n) is 11.2. The number of halogens is 1. The van der Waals surface area contributed by atoms with Gasteiger partial charge in [0.25, 0.3) is 0 Å². The summed E-state index contributed by atoms with van der Waals surface area (Å²) in [6, 6.07) is 15.6. The third kappa shape index (κ3) is 3.90. The van der Waals surface area contributed by atoms with E-state index in [1.165, 1.54) is 0 Å². The van der Waals surface area contributed by atoms with E-state index in [9.17, 15) is 4.79 Å². The first-order valence-corrected chi connectivity index (χ1v) is 12.0. The van der Waals surface area contributed by atoms with E-state index in [1.807, 2.05) is 47.4 Å². The van der Waals surface area contributed by atoms with E-state index in [0.717, 1.165) is 57.5 Å². The van der Waals surface area contributed by atoms with Crippen LogP contribution in [0.2, 0.25) is 0 Å².